The molecule has 0 N–H and O–H groups in total. The van der Waals surface area contributed by atoms with Gasteiger partial charge >= 0.3 is 26.2 Å². The van der Waals surface area contributed by atoms with Crippen LogP contribution in [0, 0.1) is 12.0 Å². The van der Waals surface area contributed by atoms with Gasteiger partial charge in [-0.3, -0.25) is 6.08 Å². The van der Waals surface area contributed by atoms with E-state index >= 15 is 0 Å². The maximum Gasteiger partial charge on any atom is 3.00 e. The Morgan fingerprint density at radius 2 is 2.00 bits per heavy atom. The first-order valence-electron chi connectivity index (χ1n) is 3.55. The number of allylic oxidation sites excluding steroid dienone is 4. The normalized spacial score (nSPS) is 12.8. The third-order valence-corrected chi connectivity index (χ3v) is 1.39. The summed E-state index contributed by atoms with van der Waals surface area (Å²) in [6, 6.07) is 0. The molecule has 67 valence electrons. The standard InChI is InChI=1S/C9H13.2FH.Zr/c1-8(2)7-9-5-3-4-6-9;;;/h3,5,8H,4,7H2,1-2H3;2*1H;/q-1;;;+3/p-2. The van der Waals surface area contributed by atoms with Crippen LogP contribution in [0.3, 0.4) is 0 Å². The first kappa shape index (κ1) is 18.1. The van der Waals surface area contributed by atoms with Crippen LogP contribution in [-0.2, 0) is 26.2 Å². The zero-order chi connectivity index (χ0) is 6.69. The van der Waals surface area contributed by atoms with Gasteiger partial charge in [0.15, 0.2) is 0 Å². The fourth-order valence-electron chi connectivity index (χ4n) is 1.03. The van der Waals surface area contributed by atoms with Crippen LogP contribution in [0.1, 0.15) is 26.7 Å². The van der Waals surface area contributed by atoms with Crippen LogP contribution in [0.5, 0.6) is 0 Å². The van der Waals surface area contributed by atoms with E-state index in [1.807, 2.05) is 0 Å². The van der Waals surface area contributed by atoms with Crippen molar-refractivity contribution < 1.29 is 35.6 Å². The molecule has 0 aliphatic heterocycles. The zero-order valence-electron chi connectivity index (χ0n) is 7.40. The first-order valence-corrected chi connectivity index (χ1v) is 3.55. The fourth-order valence-corrected chi connectivity index (χ4v) is 1.03. The molecule has 1 radical (unpaired) electrons. The Balaban J connectivity index is -0.000000270. The van der Waals surface area contributed by atoms with E-state index < -0.39 is 0 Å². The Morgan fingerprint density at radius 1 is 1.42 bits per heavy atom. The van der Waals surface area contributed by atoms with Crippen LogP contribution < -0.4 is 9.41 Å². The molecule has 3 heteroatoms. The smallest absolute Gasteiger partial charge is 1.00 e. The molecular formula is C9H13F2Zr. The van der Waals surface area contributed by atoms with E-state index in [-0.39, 0.29) is 35.6 Å². The SMILES string of the molecule is CC(C)CC1=[C-]CC=C1.[F-].[F-].[Zr+3]. The van der Waals surface area contributed by atoms with Crippen LogP contribution in [0.2, 0.25) is 0 Å². The summed E-state index contributed by atoms with van der Waals surface area (Å²) >= 11 is 0. The van der Waals surface area contributed by atoms with E-state index in [1.54, 1.807) is 0 Å². The van der Waals surface area contributed by atoms with Gasteiger partial charge in [-0.1, -0.05) is 20.3 Å². The number of hydrogen-bond donors (Lipinski definition) is 0. The molecule has 1 rings (SSSR count). The molecule has 0 saturated carbocycles. The zero-order valence-corrected chi connectivity index (χ0v) is 9.86. The second-order valence-corrected chi connectivity index (χ2v) is 2.91. The second-order valence-electron chi connectivity index (χ2n) is 2.91. The molecule has 12 heavy (non-hydrogen) atoms. The van der Waals surface area contributed by atoms with Crippen molar-refractivity contribution >= 4 is 0 Å². The van der Waals surface area contributed by atoms with Gasteiger partial charge < -0.3 is 9.41 Å². The van der Waals surface area contributed by atoms with Gasteiger partial charge in [0.2, 0.25) is 0 Å². The van der Waals surface area contributed by atoms with Crippen LogP contribution >= 0.6 is 0 Å². The van der Waals surface area contributed by atoms with Crippen LogP contribution in [0.25, 0.3) is 0 Å². The number of hydrogen-bond acceptors (Lipinski definition) is 0. The average molecular weight is 250 g/mol. The maximum atomic E-state index is 3.29. The molecule has 0 aromatic heterocycles. The Kier molecular flexibility index (Phi) is 14.0. The third kappa shape index (κ3) is 6.90. The van der Waals surface area contributed by atoms with E-state index in [1.165, 1.54) is 12.0 Å². The molecule has 0 amide bonds. The van der Waals surface area contributed by atoms with Crippen molar-refractivity contribution in [2.75, 3.05) is 0 Å². The van der Waals surface area contributed by atoms with Crippen molar-refractivity contribution in [3.63, 3.8) is 0 Å². The van der Waals surface area contributed by atoms with Gasteiger partial charge in [-0.2, -0.15) is 6.08 Å². The molecule has 0 fully saturated rings. The van der Waals surface area contributed by atoms with E-state index in [4.69, 9.17) is 0 Å². The summed E-state index contributed by atoms with van der Waals surface area (Å²) in [6.07, 6.45) is 9.86. The molecule has 0 nitrogen and oxygen atoms in total. The Morgan fingerprint density at radius 3 is 2.33 bits per heavy atom. The van der Waals surface area contributed by atoms with Crippen molar-refractivity contribution in [1.29, 1.82) is 0 Å². The maximum absolute atomic E-state index is 3.29. The van der Waals surface area contributed by atoms with Crippen LogP contribution in [0.4, 0.5) is 0 Å². The molecule has 0 atom stereocenters. The van der Waals surface area contributed by atoms with Crippen molar-refractivity contribution in [2.24, 2.45) is 5.92 Å². The summed E-state index contributed by atoms with van der Waals surface area (Å²) in [5, 5.41) is 0. The van der Waals surface area contributed by atoms with Crippen molar-refractivity contribution in [2.45, 2.75) is 26.7 Å². The van der Waals surface area contributed by atoms with Crippen molar-refractivity contribution in [3.05, 3.63) is 23.8 Å². The molecule has 0 heterocycles. The summed E-state index contributed by atoms with van der Waals surface area (Å²) in [7, 11) is 0. The van der Waals surface area contributed by atoms with Crippen molar-refractivity contribution in [3.8, 4) is 0 Å². The van der Waals surface area contributed by atoms with Gasteiger partial charge in [0.25, 0.3) is 0 Å². The van der Waals surface area contributed by atoms with Gasteiger partial charge in [0.05, 0.1) is 0 Å². The minimum Gasteiger partial charge on any atom is -1.00 e. The van der Waals surface area contributed by atoms with E-state index in [0.717, 1.165) is 12.3 Å². The Bertz CT molecular complexity index is 151. The topological polar surface area (TPSA) is 0 Å². The monoisotopic (exact) mass is 249 g/mol. The largest absolute Gasteiger partial charge is 3.00 e. The Labute approximate surface area is 92.0 Å². The van der Waals surface area contributed by atoms with Crippen molar-refractivity contribution in [1.82, 2.24) is 0 Å². The molecule has 1 aliphatic carbocycles. The first-order chi connectivity index (χ1) is 4.29. The van der Waals surface area contributed by atoms with E-state index in [9.17, 15) is 0 Å². The molecule has 0 aromatic rings. The van der Waals surface area contributed by atoms with Gasteiger partial charge in [0.1, 0.15) is 0 Å². The summed E-state index contributed by atoms with van der Waals surface area (Å²) in [5.74, 6) is 0.773. The van der Waals surface area contributed by atoms with Gasteiger partial charge in [0, 0.05) is 0 Å². The summed E-state index contributed by atoms with van der Waals surface area (Å²) < 4.78 is 0. The molecule has 0 saturated heterocycles. The molecule has 0 unspecified atom stereocenters. The molecule has 1 aliphatic rings. The second kappa shape index (κ2) is 9.31. The van der Waals surface area contributed by atoms with E-state index in [2.05, 4.69) is 32.1 Å². The fraction of sp³-hybridized carbons (Fsp3) is 0.556. The van der Waals surface area contributed by atoms with Crippen LogP contribution in [0.15, 0.2) is 17.7 Å². The van der Waals surface area contributed by atoms with Gasteiger partial charge in [-0.15, -0.1) is 6.42 Å². The quantitative estimate of drug-likeness (QED) is 0.451. The number of halogens is 2. The summed E-state index contributed by atoms with van der Waals surface area (Å²) in [6.45, 7) is 4.47. The van der Waals surface area contributed by atoms with Gasteiger partial charge in [-0.25, -0.2) is 11.6 Å². The predicted molar refractivity (Wildman–Crippen MR) is 40.0 cm³/mol. The predicted octanol–water partition coefficient (Wildman–Crippen LogP) is -3.27. The molecule has 0 spiro atoms. The molecule has 0 aromatic carbocycles. The average Bonchev–Trinajstić information content (AvgIpc) is 2.15. The van der Waals surface area contributed by atoms with E-state index in [0.29, 0.717) is 0 Å². The molecule has 0 bridgehead atoms. The Hall–Kier alpha value is 0.223. The summed E-state index contributed by atoms with van der Waals surface area (Å²) in [5.41, 5.74) is 1.39. The van der Waals surface area contributed by atoms with Gasteiger partial charge in [-0.05, 0) is 5.92 Å². The minimum atomic E-state index is 0. The minimum absolute atomic E-state index is 0. The molecular weight excluding hydrogens is 237 g/mol. The number of rotatable bonds is 2. The third-order valence-electron chi connectivity index (χ3n) is 1.39. The van der Waals surface area contributed by atoms with Crippen LogP contribution in [-0.4, -0.2) is 0 Å². The summed E-state index contributed by atoms with van der Waals surface area (Å²) in [4.78, 5) is 0.